The second kappa shape index (κ2) is 6.69. The monoisotopic (exact) mass is 299 g/mol. The van der Waals surface area contributed by atoms with Crippen molar-refractivity contribution in [2.45, 2.75) is 12.6 Å². The summed E-state index contributed by atoms with van der Waals surface area (Å²) in [6.07, 6.45) is -1.38. The summed E-state index contributed by atoms with van der Waals surface area (Å²) in [6, 6.07) is 6.68. The number of benzene rings is 2. The van der Waals surface area contributed by atoms with Crippen molar-refractivity contribution < 1.29 is 22.7 Å². The SMILES string of the molecule is OC(CNCc1ccc(F)c(F)c1)c1c(F)cccc1F. The first kappa shape index (κ1) is 15.5. The highest BCUT2D eigenvalue weighted by Gasteiger charge is 2.17. The molecule has 2 nitrogen and oxygen atoms in total. The molecule has 0 saturated carbocycles. The molecule has 21 heavy (non-hydrogen) atoms. The van der Waals surface area contributed by atoms with Crippen LogP contribution in [0.1, 0.15) is 17.2 Å². The lowest BCUT2D eigenvalue weighted by Crippen LogP contribution is -2.22. The predicted octanol–water partition coefficient (Wildman–Crippen LogP) is 3.07. The van der Waals surface area contributed by atoms with E-state index in [4.69, 9.17) is 0 Å². The lowest BCUT2D eigenvalue weighted by Gasteiger charge is -2.14. The first-order chi connectivity index (χ1) is 9.99. The molecular weight excluding hydrogens is 286 g/mol. The summed E-state index contributed by atoms with van der Waals surface area (Å²) < 4.78 is 52.6. The highest BCUT2D eigenvalue weighted by molar-refractivity contribution is 5.22. The number of rotatable bonds is 5. The molecule has 2 rings (SSSR count). The minimum atomic E-state index is -1.38. The summed E-state index contributed by atoms with van der Waals surface area (Å²) in [7, 11) is 0. The van der Waals surface area contributed by atoms with Gasteiger partial charge in [-0.1, -0.05) is 12.1 Å². The minimum Gasteiger partial charge on any atom is -0.387 e. The molecule has 2 N–H and O–H groups in total. The zero-order chi connectivity index (χ0) is 15.4. The number of nitrogens with one attached hydrogen (secondary N) is 1. The summed E-state index contributed by atoms with van der Waals surface area (Å²) in [5, 5.41) is 12.5. The third-order valence-electron chi connectivity index (χ3n) is 2.98. The fourth-order valence-electron chi connectivity index (χ4n) is 1.93. The van der Waals surface area contributed by atoms with Crippen molar-refractivity contribution in [2.24, 2.45) is 0 Å². The van der Waals surface area contributed by atoms with Crippen LogP contribution in [0.5, 0.6) is 0 Å². The van der Waals surface area contributed by atoms with Gasteiger partial charge in [-0.05, 0) is 29.8 Å². The van der Waals surface area contributed by atoms with E-state index in [9.17, 15) is 22.7 Å². The van der Waals surface area contributed by atoms with Crippen LogP contribution in [0.4, 0.5) is 17.6 Å². The van der Waals surface area contributed by atoms with Crippen molar-refractivity contribution in [2.75, 3.05) is 6.54 Å². The first-order valence-electron chi connectivity index (χ1n) is 6.25. The van der Waals surface area contributed by atoms with E-state index in [1.54, 1.807) is 0 Å². The number of aliphatic hydroxyl groups excluding tert-OH is 1. The molecule has 2 aromatic carbocycles. The molecule has 0 bridgehead atoms. The number of hydrogen-bond acceptors (Lipinski definition) is 2. The van der Waals surface area contributed by atoms with Crippen LogP contribution in [0.3, 0.4) is 0 Å². The molecule has 0 heterocycles. The Morgan fingerprint density at radius 2 is 1.57 bits per heavy atom. The summed E-state index contributed by atoms with van der Waals surface area (Å²) in [5.41, 5.74) is 0.0328. The van der Waals surface area contributed by atoms with Gasteiger partial charge in [0.15, 0.2) is 11.6 Å². The van der Waals surface area contributed by atoms with Crippen LogP contribution in [-0.2, 0) is 6.54 Å². The van der Waals surface area contributed by atoms with Crippen molar-refractivity contribution in [1.29, 1.82) is 0 Å². The fourth-order valence-corrected chi connectivity index (χ4v) is 1.93. The van der Waals surface area contributed by atoms with Crippen LogP contribution in [-0.4, -0.2) is 11.7 Å². The summed E-state index contributed by atoms with van der Waals surface area (Å²) in [5.74, 6) is -3.60. The molecule has 0 aliphatic heterocycles. The van der Waals surface area contributed by atoms with Crippen molar-refractivity contribution in [3.05, 3.63) is 70.8 Å². The Labute approximate surface area is 119 Å². The molecule has 1 unspecified atom stereocenters. The van der Waals surface area contributed by atoms with Crippen LogP contribution in [0, 0.1) is 23.3 Å². The normalized spacial score (nSPS) is 12.4. The molecule has 0 amide bonds. The molecule has 0 saturated heterocycles. The standard InChI is InChI=1S/C15H13F4NO/c16-10-5-4-9(6-13(10)19)7-20-8-14(21)15-11(17)2-1-3-12(15)18/h1-6,14,20-21H,7-8H2. The Kier molecular flexibility index (Phi) is 4.93. The summed E-state index contributed by atoms with van der Waals surface area (Å²) in [6.45, 7) is 0.00117. The van der Waals surface area contributed by atoms with Crippen LogP contribution in [0.25, 0.3) is 0 Å². The Bertz CT molecular complexity index is 613. The van der Waals surface area contributed by atoms with Gasteiger partial charge in [-0.3, -0.25) is 0 Å². The third-order valence-corrected chi connectivity index (χ3v) is 2.98. The van der Waals surface area contributed by atoms with Gasteiger partial charge in [-0.2, -0.15) is 0 Å². The van der Waals surface area contributed by atoms with Gasteiger partial charge in [-0.25, -0.2) is 17.6 Å². The molecule has 2 aromatic rings. The molecule has 6 heteroatoms. The van der Waals surface area contributed by atoms with Gasteiger partial charge in [0.2, 0.25) is 0 Å². The van der Waals surface area contributed by atoms with E-state index in [0.717, 1.165) is 24.3 Å². The molecule has 0 aromatic heterocycles. The van der Waals surface area contributed by atoms with Crippen LogP contribution in [0.2, 0.25) is 0 Å². The second-order valence-corrected chi connectivity index (χ2v) is 4.53. The van der Waals surface area contributed by atoms with Gasteiger partial charge < -0.3 is 10.4 Å². The zero-order valence-corrected chi connectivity index (χ0v) is 10.9. The van der Waals surface area contributed by atoms with E-state index >= 15 is 0 Å². The van der Waals surface area contributed by atoms with Gasteiger partial charge in [0.1, 0.15) is 11.6 Å². The largest absolute Gasteiger partial charge is 0.387 e. The first-order valence-corrected chi connectivity index (χ1v) is 6.25. The average Bonchev–Trinajstić information content (AvgIpc) is 2.42. The maximum absolute atomic E-state index is 13.4. The van der Waals surface area contributed by atoms with Crippen molar-refractivity contribution in [1.82, 2.24) is 5.32 Å². The van der Waals surface area contributed by atoms with E-state index in [1.807, 2.05) is 0 Å². The zero-order valence-electron chi connectivity index (χ0n) is 10.9. The Balaban J connectivity index is 1.95. The molecule has 0 fully saturated rings. The summed E-state index contributed by atoms with van der Waals surface area (Å²) in [4.78, 5) is 0. The molecule has 0 radical (unpaired) electrons. The van der Waals surface area contributed by atoms with Gasteiger partial charge in [0, 0.05) is 13.1 Å². The lowest BCUT2D eigenvalue weighted by molar-refractivity contribution is 0.164. The highest BCUT2D eigenvalue weighted by Crippen LogP contribution is 2.20. The number of aliphatic hydroxyl groups is 1. The van der Waals surface area contributed by atoms with Gasteiger partial charge in [-0.15, -0.1) is 0 Å². The Morgan fingerprint density at radius 1 is 0.905 bits per heavy atom. The maximum Gasteiger partial charge on any atom is 0.159 e. The van der Waals surface area contributed by atoms with Crippen LogP contribution in [0.15, 0.2) is 36.4 Å². The average molecular weight is 299 g/mol. The maximum atomic E-state index is 13.4. The van der Waals surface area contributed by atoms with Crippen LogP contribution < -0.4 is 5.32 Å². The molecule has 0 spiro atoms. The molecule has 1 atom stereocenters. The van der Waals surface area contributed by atoms with E-state index in [1.165, 1.54) is 12.1 Å². The van der Waals surface area contributed by atoms with E-state index in [-0.39, 0.29) is 13.1 Å². The van der Waals surface area contributed by atoms with Crippen molar-refractivity contribution in [3.8, 4) is 0 Å². The molecular formula is C15H13F4NO. The third kappa shape index (κ3) is 3.80. The quantitative estimate of drug-likeness (QED) is 0.832. The van der Waals surface area contributed by atoms with E-state index < -0.39 is 34.9 Å². The second-order valence-electron chi connectivity index (χ2n) is 4.53. The lowest BCUT2D eigenvalue weighted by atomic mass is 10.1. The fraction of sp³-hybridized carbons (Fsp3) is 0.200. The highest BCUT2D eigenvalue weighted by atomic mass is 19.2. The van der Waals surface area contributed by atoms with Crippen molar-refractivity contribution >= 4 is 0 Å². The molecule has 0 aliphatic rings. The summed E-state index contributed by atoms with van der Waals surface area (Å²) >= 11 is 0. The topological polar surface area (TPSA) is 32.3 Å². The Hall–Kier alpha value is -1.92. The smallest absolute Gasteiger partial charge is 0.159 e. The molecule has 112 valence electrons. The van der Waals surface area contributed by atoms with Gasteiger partial charge >= 0.3 is 0 Å². The molecule has 0 aliphatic carbocycles. The predicted molar refractivity (Wildman–Crippen MR) is 69.4 cm³/mol. The number of halogens is 4. The van der Waals surface area contributed by atoms with E-state index in [0.29, 0.717) is 5.56 Å². The van der Waals surface area contributed by atoms with E-state index in [2.05, 4.69) is 5.32 Å². The van der Waals surface area contributed by atoms with Crippen molar-refractivity contribution in [3.63, 3.8) is 0 Å². The minimum absolute atomic E-state index is 0.128. The van der Waals surface area contributed by atoms with Gasteiger partial charge in [0.25, 0.3) is 0 Å². The number of hydrogen-bond donors (Lipinski definition) is 2. The van der Waals surface area contributed by atoms with Crippen LogP contribution >= 0.6 is 0 Å². The van der Waals surface area contributed by atoms with Gasteiger partial charge in [0.05, 0.1) is 11.7 Å². The Morgan fingerprint density at radius 3 is 2.19 bits per heavy atom.